The monoisotopic (exact) mass is 510 g/mol. The van der Waals surface area contributed by atoms with Gasteiger partial charge in [0.25, 0.3) is 5.91 Å². The van der Waals surface area contributed by atoms with Crippen LogP contribution >= 0.6 is 0 Å². The first-order valence-electron chi connectivity index (χ1n) is 11.4. The average molecular weight is 510 g/mol. The van der Waals surface area contributed by atoms with E-state index in [1.807, 2.05) is 6.92 Å². The highest BCUT2D eigenvalue weighted by Crippen LogP contribution is 2.31. The van der Waals surface area contributed by atoms with Crippen LogP contribution in [-0.4, -0.2) is 47.5 Å². The minimum atomic E-state index is -3.00. The summed E-state index contributed by atoms with van der Waals surface area (Å²) in [5.41, 5.74) is 2.80. The van der Waals surface area contributed by atoms with Gasteiger partial charge in [-0.1, -0.05) is 19.1 Å². The van der Waals surface area contributed by atoms with E-state index < -0.39 is 18.8 Å². The second-order valence-electron chi connectivity index (χ2n) is 7.95. The highest BCUT2D eigenvalue weighted by atomic mass is 19.3. The highest BCUT2D eigenvalue weighted by Gasteiger charge is 2.31. The van der Waals surface area contributed by atoms with Gasteiger partial charge in [-0.2, -0.15) is 18.9 Å². The fourth-order valence-corrected chi connectivity index (χ4v) is 3.69. The Balaban J connectivity index is 1.52. The van der Waals surface area contributed by atoms with Crippen LogP contribution in [0.3, 0.4) is 0 Å². The van der Waals surface area contributed by atoms with Crippen LogP contribution in [0.1, 0.15) is 34.8 Å². The number of hydrogen-bond acceptors (Lipinski definition) is 7. The first-order valence-corrected chi connectivity index (χ1v) is 11.4. The lowest BCUT2D eigenvalue weighted by Crippen LogP contribution is -2.41. The van der Waals surface area contributed by atoms with Gasteiger partial charge >= 0.3 is 12.7 Å². The van der Waals surface area contributed by atoms with Gasteiger partial charge < -0.3 is 19.5 Å². The number of hydrazone groups is 1. The number of aromatic nitrogens is 1. The maximum atomic E-state index is 12.7. The number of carbonyl (C=O) groups is 2. The molecule has 0 bridgehead atoms. The molecule has 11 heteroatoms. The van der Waals surface area contributed by atoms with E-state index >= 15 is 0 Å². The van der Waals surface area contributed by atoms with Gasteiger partial charge in [0.1, 0.15) is 11.8 Å². The number of pyridine rings is 1. The summed E-state index contributed by atoms with van der Waals surface area (Å²) in [6.45, 7) is -1.05. The summed E-state index contributed by atoms with van der Waals surface area (Å²) >= 11 is 0. The molecule has 0 fully saturated rings. The summed E-state index contributed by atoms with van der Waals surface area (Å²) < 4.78 is 40.6. The maximum Gasteiger partial charge on any atom is 0.431 e. The Morgan fingerprint density at radius 1 is 1.11 bits per heavy atom. The van der Waals surface area contributed by atoms with E-state index in [9.17, 15) is 18.4 Å². The first-order chi connectivity index (χ1) is 17.9. The zero-order valence-corrected chi connectivity index (χ0v) is 20.1. The third-order valence-corrected chi connectivity index (χ3v) is 5.52. The molecule has 1 aliphatic rings. The van der Waals surface area contributed by atoms with Crippen LogP contribution < -0.4 is 14.8 Å². The molecule has 1 aliphatic heterocycles. The van der Waals surface area contributed by atoms with Crippen LogP contribution in [-0.2, 0) is 11.3 Å². The number of halogens is 2. The Labute approximate surface area is 211 Å². The van der Waals surface area contributed by atoms with Crippen molar-refractivity contribution in [1.29, 1.82) is 0 Å². The van der Waals surface area contributed by atoms with Gasteiger partial charge in [0.05, 0.1) is 13.7 Å². The smallest absolute Gasteiger partial charge is 0.431 e. The van der Waals surface area contributed by atoms with Gasteiger partial charge in [-0.05, 0) is 54.4 Å². The molecule has 1 N–H and O–H groups in total. The van der Waals surface area contributed by atoms with E-state index in [-0.39, 0.29) is 24.0 Å². The predicted molar refractivity (Wildman–Crippen MR) is 131 cm³/mol. The molecule has 2 aromatic carbocycles. The number of alkyl halides is 2. The Morgan fingerprint density at radius 2 is 1.84 bits per heavy atom. The number of carbonyl (C=O) groups excluding carboxylic acids is 2. The normalized spacial score (nSPS) is 15.2. The zero-order valence-electron chi connectivity index (χ0n) is 20.1. The first kappa shape index (κ1) is 25.5. The number of ether oxygens (including phenoxy) is 3. The SMILES string of the molecule is CCC1OC(=O)N(Cc2ccc(NC(=O)c3ccncc3)cc2)N=C1c1ccc(OC(F)F)c(OC)c1. The van der Waals surface area contributed by atoms with E-state index in [2.05, 4.69) is 20.1 Å². The fourth-order valence-electron chi connectivity index (χ4n) is 3.69. The second kappa shape index (κ2) is 11.5. The number of amides is 2. The van der Waals surface area contributed by atoms with Crippen molar-refractivity contribution >= 4 is 23.4 Å². The average Bonchev–Trinajstić information content (AvgIpc) is 2.91. The second-order valence-corrected chi connectivity index (χ2v) is 7.95. The Hall–Kier alpha value is -4.54. The quantitative estimate of drug-likeness (QED) is 0.431. The molecule has 2 heterocycles. The number of benzene rings is 2. The van der Waals surface area contributed by atoms with Crippen LogP contribution in [0.4, 0.5) is 19.3 Å². The van der Waals surface area contributed by atoms with Crippen molar-refractivity contribution in [1.82, 2.24) is 9.99 Å². The number of anilines is 1. The summed E-state index contributed by atoms with van der Waals surface area (Å²) in [5.74, 6) is -0.283. The van der Waals surface area contributed by atoms with Crippen LogP contribution in [0.2, 0.25) is 0 Å². The topological polar surface area (TPSA) is 102 Å². The summed E-state index contributed by atoms with van der Waals surface area (Å²) in [4.78, 5) is 28.8. The van der Waals surface area contributed by atoms with Crippen molar-refractivity contribution in [3.05, 3.63) is 83.7 Å². The summed E-state index contributed by atoms with van der Waals surface area (Å²) in [6.07, 6.45) is 2.29. The largest absolute Gasteiger partial charge is 0.493 e. The Bertz CT molecular complexity index is 1290. The van der Waals surface area contributed by atoms with E-state index in [0.717, 1.165) is 5.56 Å². The highest BCUT2D eigenvalue weighted by molar-refractivity contribution is 6.06. The molecule has 1 aromatic heterocycles. The molecule has 37 heavy (non-hydrogen) atoms. The fraction of sp³-hybridized carbons (Fsp3) is 0.231. The molecule has 192 valence electrons. The van der Waals surface area contributed by atoms with Gasteiger partial charge in [-0.15, -0.1) is 0 Å². The van der Waals surface area contributed by atoms with Gasteiger partial charge in [-0.3, -0.25) is 9.78 Å². The number of hydrogen-bond donors (Lipinski definition) is 1. The Kier molecular flexibility index (Phi) is 7.92. The minimum Gasteiger partial charge on any atom is -0.493 e. The minimum absolute atomic E-state index is 0.100. The van der Waals surface area contributed by atoms with Crippen molar-refractivity contribution in [2.75, 3.05) is 12.4 Å². The van der Waals surface area contributed by atoms with Crippen molar-refractivity contribution in [2.24, 2.45) is 5.10 Å². The standard InChI is InChI=1S/C26H24F2N4O5/c1-3-20-23(18-6-9-21(36-25(27)28)22(14-18)35-2)31-32(26(34)37-20)15-16-4-7-19(8-5-16)30-24(33)17-10-12-29-13-11-17/h4-14,20,25H,3,15H2,1-2H3,(H,30,33). The van der Waals surface area contributed by atoms with E-state index in [4.69, 9.17) is 9.47 Å². The molecular weight excluding hydrogens is 486 g/mol. The van der Waals surface area contributed by atoms with E-state index in [1.165, 1.54) is 36.6 Å². The molecule has 2 amide bonds. The molecule has 0 saturated heterocycles. The molecule has 9 nitrogen and oxygen atoms in total. The van der Waals surface area contributed by atoms with Crippen LogP contribution in [0.5, 0.6) is 11.5 Å². The molecule has 4 rings (SSSR count). The van der Waals surface area contributed by atoms with Crippen molar-refractivity contribution in [3.8, 4) is 11.5 Å². The number of nitrogens with zero attached hydrogens (tertiary/aromatic N) is 3. The lowest BCUT2D eigenvalue weighted by Gasteiger charge is -2.29. The third-order valence-electron chi connectivity index (χ3n) is 5.52. The van der Waals surface area contributed by atoms with Crippen molar-refractivity contribution in [2.45, 2.75) is 32.6 Å². The van der Waals surface area contributed by atoms with Gasteiger partial charge in [-0.25, -0.2) is 4.79 Å². The molecular formula is C26H24F2N4O5. The molecule has 0 spiro atoms. The van der Waals surface area contributed by atoms with Crippen molar-refractivity contribution < 1.29 is 32.6 Å². The zero-order chi connectivity index (χ0) is 26.4. The number of methoxy groups -OCH3 is 1. The summed E-state index contributed by atoms with van der Waals surface area (Å²) in [7, 11) is 1.34. The molecule has 0 saturated carbocycles. The van der Waals surface area contributed by atoms with Gasteiger partial charge in [0.15, 0.2) is 11.5 Å². The van der Waals surface area contributed by atoms with Crippen molar-refractivity contribution in [3.63, 3.8) is 0 Å². The number of cyclic esters (lactones) is 1. The summed E-state index contributed by atoms with van der Waals surface area (Å²) in [6, 6.07) is 14.6. The third kappa shape index (κ3) is 6.18. The summed E-state index contributed by atoms with van der Waals surface area (Å²) in [5, 5.41) is 8.49. The lowest BCUT2D eigenvalue weighted by atomic mass is 10.0. The number of rotatable bonds is 9. The molecule has 3 aromatic rings. The number of nitrogens with one attached hydrogen (secondary N) is 1. The maximum absolute atomic E-state index is 12.7. The lowest BCUT2D eigenvalue weighted by molar-refractivity contribution is -0.0512. The van der Waals surface area contributed by atoms with Gasteiger partial charge in [0.2, 0.25) is 0 Å². The molecule has 1 atom stereocenters. The Morgan fingerprint density at radius 3 is 2.49 bits per heavy atom. The van der Waals surface area contributed by atoms with E-state index in [1.54, 1.807) is 42.5 Å². The predicted octanol–water partition coefficient (Wildman–Crippen LogP) is 5.08. The van der Waals surface area contributed by atoms with E-state index in [0.29, 0.717) is 28.9 Å². The molecule has 0 aliphatic carbocycles. The molecule has 0 radical (unpaired) electrons. The molecule has 1 unspecified atom stereocenters. The van der Waals surface area contributed by atoms with Crippen LogP contribution in [0.25, 0.3) is 0 Å². The van der Waals surface area contributed by atoms with Crippen LogP contribution in [0, 0.1) is 0 Å². The van der Waals surface area contributed by atoms with Gasteiger partial charge in [0, 0.05) is 29.2 Å². The van der Waals surface area contributed by atoms with Crippen LogP contribution in [0.15, 0.2) is 72.1 Å².